The number of hydrogen-bond donors (Lipinski definition) is 0. The Morgan fingerprint density at radius 3 is 2.50 bits per heavy atom. The van der Waals surface area contributed by atoms with E-state index in [0.717, 1.165) is 14.5 Å². The van der Waals surface area contributed by atoms with Crippen molar-refractivity contribution in [2.24, 2.45) is 0 Å². The molecule has 0 saturated heterocycles. The van der Waals surface area contributed by atoms with Crippen LogP contribution in [0.5, 0.6) is 6.01 Å². The van der Waals surface area contributed by atoms with Gasteiger partial charge >= 0.3 is 12.0 Å². The predicted molar refractivity (Wildman–Crippen MR) is 107 cm³/mol. The van der Waals surface area contributed by atoms with Gasteiger partial charge in [-0.25, -0.2) is 15.0 Å². The van der Waals surface area contributed by atoms with Gasteiger partial charge in [0.25, 0.3) is 0 Å². The maximum atomic E-state index is 12.3. The monoisotopic (exact) mass is 459 g/mol. The van der Waals surface area contributed by atoms with Crippen molar-refractivity contribution in [3.05, 3.63) is 27.9 Å². The molecule has 0 atom stereocenters. The van der Waals surface area contributed by atoms with Crippen LogP contribution in [0.25, 0.3) is 0 Å². The average Bonchev–Trinajstić information content (AvgIpc) is 2.94. The Kier molecular flexibility index (Phi) is 7.04. The van der Waals surface area contributed by atoms with E-state index in [4.69, 9.17) is 9.47 Å². The van der Waals surface area contributed by atoms with E-state index in [2.05, 4.69) is 30.9 Å². The lowest BCUT2D eigenvalue weighted by atomic mass is 10.1. The lowest BCUT2D eigenvalue weighted by Crippen LogP contribution is -2.36. The Labute approximate surface area is 170 Å². The summed E-state index contributed by atoms with van der Waals surface area (Å²) in [5.74, 6) is -0.248. The van der Waals surface area contributed by atoms with Crippen LogP contribution >= 0.6 is 39.0 Å². The fraction of sp³-hybridized carbons (Fsp3) is 0.529. The Hall–Kier alpha value is -1.19. The molecular formula is C17H22BrN3O3S2. The summed E-state index contributed by atoms with van der Waals surface area (Å²) in [6.07, 6.45) is 3.92. The van der Waals surface area contributed by atoms with Crippen LogP contribution in [0.1, 0.15) is 40.3 Å². The van der Waals surface area contributed by atoms with E-state index in [0.29, 0.717) is 19.0 Å². The van der Waals surface area contributed by atoms with Gasteiger partial charge in [0.1, 0.15) is 10.3 Å². The largest absolute Gasteiger partial charge is 0.463 e. The van der Waals surface area contributed by atoms with Crippen molar-refractivity contribution in [1.29, 1.82) is 0 Å². The van der Waals surface area contributed by atoms with Gasteiger partial charge in [0, 0.05) is 24.2 Å². The summed E-state index contributed by atoms with van der Waals surface area (Å²) in [4.78, 5) is 25.0. The molecule has 0 aliphatic carbocycles. The zero-order chi connectivity index (χ0) is 19.4. The molecule has 0 amide bonds. The van der Waals surface area contributed by atoms with Crippen molar-refractivity contribution in [2.45, 2.75) is 55.7 Å². The summed E-state index contributed by atoms with van der Waals surface area (Å²) in [6, 6.07) is 0.337. The molecule has 0 aliphatic rings. The molecule has 26 heavy (non-hydrogen) atoms. The molecule has 2 aromatic heterocycles. The van der Waals surface area contributed by atoms with E-state index >= 15 is 0 Å². The van der Waals surface area contributed by atoms with Crippen molar-refractivity contribution < 1.29 is 14.3 Å². The third-order valence-corrected chi connectivity index (χ3v) is 5.52. The number of halogens is 1. The first kappa shape index (κ1) is 21.1. The number of ether oxygens (including phenoxy) is 2. The third kappa shape index (κ3) is 6.85. The number of rotatable bonds is 7. The standard InChI is InChI=1S/C17H22BrN3O3S2/c1-16(2,3)24-13(22)17(4,5)26-15-21-12(10-25-15)6-7-23-14-19-8-11(18)9-20-14/h8-10H,6-7H2,1-5H3. The van der Waals surface area contributed by atoms with Crippen molar-refractivity contribution in [2.75, 3.05) is 6.61 Å². The van der Waals surface area contributed by atoms with Gasteiger partial charge in [-0.2, -0.15) is 0 Å². The highest BCUT2D eigenvalue weighted by Crippen LogP contribution is 2.36. The van der Waals surface area contributed by atoms with Gasteiger partial charge < -0.3 is 9.47 Å². The average molecular weight is 460 g/mol. The van der Waals surface area contributed by atoms with E-state index in [9.17, 15) is 4.79 Å². The van der Waals surface area contributed by atoms with E-state index in [1.807, 2.05) is 40.0 Å². The molecule has 9 heteroatoms. The third-order valence-electron chi connectivity index (χ3n) is 2.95. The predicted octanol–water partition coefficient (Wildman–Crippen LogP) is 4.53. The highest BCUT2D eigenvalue weighted by Gasteiger charge is 2.34. The first-order valence-corrected chi connectivity index (χ1v) is 10.5. The molecule has 142 valence electrons. The smallest absolute Gasteiger partial charge is 0.322 e. The van der Waals surface area contributed by atoms with E-state index < -0.39 is 10.3 Å². The number of thioether (sulfide) groups is 1. The van der Waals surface area contributed by atoms with Crippen molar-refractivity contribution in [3.8, 4) is 6.01 Å². The SMILES string of the molecule is CC(C)(C)OC(=O)C(C)(C)Sc1nc(CCOc2ncc(Br)cn2)cs1. The summed E-state index contributed by atoms with van der Waals surface area (Å²) >= 11 is 6.20. The zero-order valence-corrected chi connectivity index (χ0v) is 18.6. The minimum Gasteiger partial charge on any atom is -0.463 e. The number of thiazole rings is 1. The number of carbonyl (C=O) groups is 1. The van der Waals surface area contributed by atoms with Gasteiger partial charge in [-0.05, 0) is 50.5 Å². The molecule has 0 aromatic carbocycles. The molecule has 0 N–H and O–H groups in total. The van der Waals surface area contributed by atoms with Gasteiger partial charge in [-0.1, -0.05) is 11.8 Å². The minimum atomic E-state index is -0.704. The molecule has 0 aliphatic heterocycles. The van der Waals surface area contributed by atoms with Crippen LogP contribution in [0.4, 0.5) is 0 Å². The quantitative estimate of drug-likeness (QED) is 0.444. The Morgan fingerprint density at radius 2 is 1.88 bits per heavy atom. The van der Waals surface area contributed by atoms with Crippen LogP contribution in [0, 0.1) is 0 Å². The number of esters is 1. The molecule has 0 fully saturated rings. The molecule has 0 spiro atoms. The lowest BCUT2D eigenvalue weighted by molar-refractivity contribution is -0.156. The molecule has 6 nitrogen and oxygen atoms in total. The van der Waals surface area contributed by atoms with Crippen molar-refractivity contribution in [3.63, 3.8) is 0 Å². The minimum absolute atomic E-state index is 0.248. The lowest BCUT2D eigenvalue weighted by Gasteiger charge is -2.27. The van der Waals surface area contributed by atoms with Gasteiger partial charge in [0.05, 0.1) is 16.8 Å². The Morgan fingerprint density at radius 1 is 1.23 bits per heavy atom. The van der Waals surface area contributed by atoms with Crippen LogP contribution in [0.15, 0.2) is 26.6 Å². The van der Waals surface area contributed by atoms with E-state index in [1.54, 1.807) is 12.4 Å². The second-order valence-corrected chi connectivity index (χ2v) is 10.6. The summed E-state index contributed by atoms with van der Waals surface area (Å²) in [5.41, 5.74) is 0.407. The van der Waals surface area contributed by atoms with Gasteiger partial charge in [-0.15, -0.1) is 11.3 Å². The molecule has 0 radical (unpaired) electrons. The Bertz CT molecular complexity index is 742. The molecule has 0 bridgehead atoms. The highest BCUT2D eigenvalue weighted by atomic mass is 79.9. The van der Waals surface area contributed by atoms with Crippen LogP contribution < -0.4 is 4.74 Å². The summed E-state index contributed by atoms with van der Waals surface area (Å²) in [5, 5.41) is 1.97. The number of nitrogens with zero attached hydrogens (tertiary/aromatic N) is 3. The maximum Gasteiger partial charge on any atom is 0.322 e. The Balaban J connectivity index is 1.86. The normalized spacial score (nSPS) is 12.1. The zero-order valence-electron chi connectivity index (χ0n) is 15.4. The van der Waals surface area contributed by atoms with Crippen molar-refractivity contribution in [1.82, 2.24) is 15.0 Å². The van der Waals surface area contributed by atoms with Gasteiger partial charge in [-0.3, -0.25) is 4.79 Å². The summed E-state index contributed by atoms with van der Waals surface area (Å²) in [7, 11) is 0. The molecular weight excluding hydrogens is 438 g/mol. The fourth-order valence-electron chi connectivity index (χ4n) is 1.73. The number of aromatic nitrogens is 3. The molecule has 0 saturated carbocycles. The summed E-state index contributed by atoms with van der Waals surface area (Å²) < 4.78 is 11.9. The molecule has 2 rings (SSSR count). The van der Waals surface area contributed by atoms with E-state index in [-0.39, 0.29) is 5.97 Å². The first-order chi connectivity index (χ1) is 12.0. The topological polar surface area (TPSA) is 74.2 Å². The first-order valence-electron chi connectivity index (χ1n) is 8.02. The van der Waals surface area contributed by atoms with Crippen LogP contribution in [0.3, 0.4) is 0 Å². The second-order valence-electron chi connectivity index (χ2n) is 7.00. The van der Waals surface area contributed by atoms with Crippen molar-refractivity contribution >= 4 is 45.0 Å². The van der Waals surface area contributed by atoms with E-state index in [1.165, 1.54) is 23.1 Å². The van der Waals surface area contributed by atoms with Crippen LogP contribution in [-0.2, 0) is 16.0 Å². The number of carbonyl (C=O) groups excluding carboxylic acids is 1. The van der Waals surface area contributed by atoms with Gasteiger partial charge in [0.2, 0.25) is 0 Å². The van der Waals surface area contributed by atoms with Crippen LogP contribution in [0.2, 0.25) is 0 Å². The molecule has 2 heterocycles. The number of hydrogen-bond acceptors (Lipinski definition) is 8. The van der Waals surface area contributed by atoms with Crippen LogP contribution in [-0.4, -0.2) is 37.9 Å². The van der Waals surface area contributed by atoms with Gasteiger partial charge in [0.15, 0.2) is 4.34 Å². The molecule has 2 aromatic rings. The molecule has 0 unspecified atom stereocenters. The summed E-state index contributed by atoms with van der Waals surface area (Å²) in [6.45, 7) is 9.72. The fourth-order valence-corrected chi connectivity index (χ4v) is 4.20. The second kappa shape index (κ2) is 8.67. The maximum absolute atomic E-state index is 12.3. The highest BCUT2D eigenvalue weighted by molar-refractivity contribution is 9.10.